The van der Waals surface area contributed by atoms with E-state index in [0.717, 1.165) is 44.9 Å². The lowest BCUT2D eigenvalue weighted by molar-refractivity contribution is -0.143. The van der Waals surface area contributed by atoms with Crippen molar-refractivity contribution in [2.75, 3.05) is 13.2 Å². The summed E-state index contributed by atoms with van der Waals surface area (Å²) in [7, 11) is 0. The number of unbranched alkanes of at least 4 members (excludes halogenated alkanes) is 48. The van der Waals surface area contributed by atoms with Crippen molar-refractivity contribution in [1.29, 1.82) is 0 Å². The lowest BCUT2D eigenvalue weighted by Crippen LogP contribution is -2.45. The number of hydrogen-bond acceptors (Lipinski definition) is 5. The van der Waals surface area contributed by atoms with E-state index in [4.69, 9.17) is 4.74 Å². The van der Waals surface area contributed by atoms with Crippen LogP contribution in [0.2, 0.25) is 0 Å². The molecular formula is C66H127NO5. The summed E-state index contributed by atoms with van der Waals surface area (Å²) < 4.78 is 5.49. The standard InChI is InChI=1S/C66H127NO5/c1-3-5-7-9-11-13-15-17-19-21-27-30-34-38-42-46-50-54-58-64(69)63(62-68)67-65(70)59-55-51-47-43-39-35-31-28-25-23-22-24-26-29-33-37-41-45-49-53-57-61-72-66(71)60-56-52-48-44-40-36-32-20-18-16-14-12-10-8-6-4-2/h23,25,54,58,63-64,68-69H,3-22,24,26-53,55-57,59-62H2,1-2H3,(H,67,70)/b25-23-,58-54+. The highest BCUT2D eigenvalue weighted by atomic mass is 16.5. The highest BCUT2D eigenvalue weighted by Gasteiger charge is 2.18. The van der Waals surface area contributed by atoms with Gasteiger partial charge in [-0.25, -0.2) is 0 Å². The molecule has 0 rings (SSSR count). The van der Waals surface area contributed by atoms with E-state index in [1.807, 2.05) is 6.08 Å². The molecule has 0 saturated heterocycles. The van der Waals surface area contributed by atoms with Gasteiger partial charge in [0.1, 0.15) is 0 Å². The van der Waals surface area contributed by atoms with Gasteiger partial charge in [0.25, 0.3) is 0 Å². The lowest BCUT2D eigenvalue weighted by Gasteiger charge is -2.20. The molecule has 0 saturated carbocycles. The van der Waals surface area contributed by atoms with E-state index in [0.29, 0.717) is 19.4 Å². The number of nitrogens with one attached hydrogen (secondary N) is 1. The van der Waals surface area contributed by atoms with E-state index in [-0.39, 0.29) is 18.5 Å². The van der Waals surface area contributed by atoms with Crippen molar-refractivity contribution in [3.8, 4) is 0 Å². The summed E-state index contributed by atoms with van der Waals surface area (Å²) in [6.07, 6.45) is 76.5. The third-order valence-corrected chi connectivity index (χ3v) is 15.2. The first-order valence-corrected chi connectivity index (χ1v) is 32.6. The van der Waals surface area contributed by atoms with Crippen LogP contribution in [0.3, 0.4) is 0 Å². The molecule has 0 heterocycles. The van der Waals surface area contributed by atoms with Gasteiger partial charge in [-0.05, 0) is 57.8 Å². The maximum Gasteiger partial charge on any atom is 0.305 e. The number of esters is 1. The molecule has 0 aromatic heterocycles. The molecule has 0 aromatic carbocycles. The Morgan fingerprint density at radius 3 is 0.986 bits per heavy atom. The van der Waals surface area contributed by atoms with Crippen LogP contribution in [-0.2, 0) is 14.3 Å². The molecule has 72 heavy (non-hydrogen) atoms. The number of amides is 1. The second kappa shape index (κ2) is 61.9. The van der Waals surface area contributed by atoms with Crippen molar-refractivity contribution in [3.05, 3.63) is 24.3 Å². The van der Waals surface area contributed by atoms with Crippen LogP contribution in [0.25, 0.3) is 0 Å². The predicted molar refractivity (Wildman–Crippen MR) is 315 cm³/mol. The Morgan fingerprint density at radius 1 is 0.375 bits per heavy atom. The van der Waals surface area contributed by atoms with Crippen LogP contribution in [0.5, 0.6) is 0 Å². The zero-order chi connectivity index (χ0) is 52.2. The van der Waals surface area contributed by atoms with Crippen LogP contribution in [0.1, 0.15) is 361 Å². The fourth-order valence-corrected chi connectivity index (χ4v) is 10.2. The number of aliphatic hydroxyl groups excluding tert-OH is 2. The van der Waals surface area contributed by atoms with Gasteiger partial charge in [-0.15, -0.1) is 0 Å². The van der Waals surface area contributed by atoms with Gasteiger partial charge >= 0.3 is 5.97 Å². The first kappa shape index (κ1) is 70.3. The number of carbonyl (C=O) groups excluding carboxylic acids is 2. The first-order chi connectivity index (χ1) is 35.5. The fourth-order valence-electron chi connectivity index (χ4n) is 10.2. The Kier molecular flexibility index (Phi) is 60.5. The highest BCUT2D eigenvalue weighted by molar-refractivity contribution is 5.76. The van der Waals surface area contributed by atoms with Crippen molar-refractivity contribution in [2.45, 2.75) is 373 Å². The van der Waals surface area contributed by atoms with Gasteiger partial charge in [0.2, 0.25) is 5.91 Å². The Morgan fingerprint density at radius 2 is 0.653 bits per heavy atom. The minimum Gasteiger partial charge on any atom is -0.466 e. The number of allylic oxidation sites excluding steroid dienone is 3. The molecule has 3 N–H and O–H groups in total. The summed E-state index contributed by atoms with van der Waals surface area (Å²) in [5.74, 6) is -0.0613. The van der Waals surface area contributed by atoms with Gasteiger partial charge < -0.3 is 20.3 Å². The van der Waals surface area contributed by atoms with Crippen molar-refractivity contribution >= 4 is 11.9 Å². The van der Waals surface area contributed by atoms with Crippen LogP contribution in [0.4, 0.5) is 0 Å². The predicted octanol–water partition coefficient (Wildman–Crippen LogP) is 20.6. The van der Waals surface area contributed by atoms with E-state index in [1.165, 1.54) is 289 Å². The van der Waals surface area contributed by atoms with Crippen molar-refractivity contribution in [3.63, 3.8) is 0 Å². The van der Waals surface area contributed by atoms with Crippen LogP contribution >= 0.6 is 0 Å². The van der Waals surface area contributed by atoms with E-state index in [1.54, 1.807) is 6.08 Å². The maximum absolute atomic E-state index is 12.5. The van der Waals surface area contributed by atoms with E-state index in [9.17, 15) is 19.8 Å². The smallest absolute Gasteiger partial charge is 0.305 e. The SMILES string of the molecule is CCCCCCCCCCCCCCCCCC/C=C/C(O)C(CO)NC(=O)CCCCCCCCC/C=C\CCCCCCCCCCCCOC(=O)CCCCCCCCCCCCCCCCCC. The summed E-state index contributed by atoms with van der Waals surface area (Å²) in [6, 6.07) is -0.634. The molecule has 0 bridgehead atoms. The number of ether oxygens (including phenoxy) is 1. The van der Waals surface area contributed by atoms with Crippen LogP contribution in [-0.4, -0.2) is 47.4 Å². The third-order valence-electron chi connectivity index (χ3n) is 15.2. The molecule has 0 radical (unpaired) electrons. The molecule has 2 unspecified atom stereocenters. The van der Waals surface area contributed by atoms with Gasteiger partial charge in [0.15, 0.2) is 0 Å². The van der Waals surface area contributed by atoms with Crippen LogP contribution < -0.4 is 5.32 Å². The summed E-state index contributed by atoms with van der Waals surface area (Å²) >= 11 is 0. The molecule has 1 amide bonds. The molecule has 0 spiro atoms. The Labute approximate surface area is 450 Å². The number of aliphatic hydroxyl groups is 2. The van der Waals surface area contributed by atoms with E-state index in [2.05, 4.69) is 31.3 Å². The van der Waals surface area contributed by atoms with Gasteiger partial charge in [-0.1, -0.05) is 314 Å². The largest absolute Gasteiger partial charge is 0.466 e. The second-order valence-corrected chi connectivity index (χ2v) is 22.5. The molecule has 6 nitrogen and oxygen atoms in total. The number of carbonyl (C=O) groups is 2. The van der Waals surface area contributed by atoms with Gasteiger partial charge in [-0.2, -0.15) is 0 Å². The van der Waals surface area contributed by atoms with Crippen molar-refractivity contribution < 1.29 is 24.5 Å². The molecule has 426 valence electrons. The Balaban J connectivity index is 3.43. The fraction of sp³-hybridized carbons (Fsp3) is 0.909. The van der Waals surface area contributed by atoms with E-state index >= 15 is 0 Å². The number of rotatable bonds is 61. The monoisotopic (exact) mass is 1010 g/mol. The zero-order valence-corrected chi connectivity index (χ0v) is 48.7. The average Bonchev–Trinajstić information content (AvgIpc) is 3.38. The van der Waals surface area contributed by atoms with Gasteiger partial charge in [-0.3, -0.25) is 9.59 Å². The average molecular weight is 1010 g/mol. The van der Waals surface area contributed by atoms with Crippen LogP contribution in [0, 0.1) is 0 Å². The first-order valence-electron chi connectivity index (χ1n) is 32.6. The Bertz CT molecular complexity index is 1120. The van der Waals surface area contributed by atoms with Crippen molar-refractivity contribution in [1.82, 2.24) is 5.32 Å². The Hall–Kier alpha value is -1.66. The molecule has 0 aliphatic carbocycles. The van der Waals surface area contributed by atoms with E-state index < -0.39 is 12.1 Å². The minimum absolute atomic E-state index is 0.0116. The summed E-state index contributed by atoms with van der Waals surface area (Å²) in [4.78, 5) is 24.6. The quantitative estimate of drug-likeness (QED) is 0.0320. The molecule has 0 aromatic rings. The highest BCUT2D eigenvalue weighted by Crippen LogP contribution is 2.18. The maximum atomic E-state index is 12.5. The molecule has 2 atom stereocenters. The molecule has 0 aliphatic heterocycles. The molecule has 0 fully saturated rings. The minimum atomic E-state index is -0.849. The summed E-state index contributed by atoms with van der Waals surface area (Å²) in [5, 5.41) is 23.2. The summed E-state index contributed by atoms with van der Waals surface area (Å²) in [5.41, 5.74) is 0. The zero-order valence-electron chi connectivity index (χ0n) is 48.7. The molecule has 0 aliphatic rings. The molecule has 6 heteroatoms. The topological polar surface area (TPSA) is 95.9 Å². The normalized spacial score (nSPS) is 12.7. The number of hydrogen-bond donors (Lipinski definition) is 3. The van der Waals surface area contributed by atoms with Crippen LogP contribution in [0.15, 0.2) is 24.3 Å². The lowest BCUT2D eigenvalue weighted by atomic mass is 10.0. The van der Waals surface area contributed by atoms with Gasteiger partial charge in [0.05, 0.1) is 25.4 Å². The summed E-state index contributed by atoms with van der Waals surface area (Å²) in [6.45, 7) is 4.93. The second-order valence-electron chi connectivity index (χ2n) is 22.5. The van der Waals surface area contributed by atoms with Crippen molar-refractivity contribution in [2.24, 2.45) is 0 Å². The molecular weight excluding hydrogens is 887 g/mol. The third kappa shape index (κ3) is 57.6. The van der Waals surface area contributed by atoms with Gasteiger partial charge in [0, 0.05) is 12.8 Å².